The maximum Gasteiger partial charge on any atom is 0.320 e. The molecule has 1 saturated carbocycles. The Bertz CT molecular complexity index is 256. The maximum absolute atomic E-state index is 11.0. The van der Waals surface area contributed by atoms with Crippen molar-refractivity contribution in [1.82, 2.24) is 4.90 Å². The first-order valence-electron chi connectivity index (χ1n) is 5.78. The highest BCUT2D eigenvalue weighted by molar-refractivity contribution is 5.73. The van der Waals surface area contributed by atoms with Crippen molar-refractivity contribution in [3.8, 4) is 0 Å². The smallest absolute Gasteiger partial charge is 0.320 e. The number of aliphatic hydroxyl groups excluding tert-OH is 1. The van der Waals surface area contributed by atoms with Crippen LogP contribution in [0.3, 0.4) is 0 Å². The van der Waals surface area contributed by atoms with Gasteiger partial charge in [-0.05, 0) is 25.2 Å². The molecular weight excluding hydrogens is 194 g/mol. The van der Waals surface area contributed by atoms with Gasteiger partial charge in [0.2, 0.25) is 0 Å². The molecule has 1 aliphatic heterocycles. The summed E-state index contributed by atoms with van der Waals surface area (Å²) in [6.45, 7) is 3.52. The number of carboxylic acid groups (broad SMARTS) is 1. The molecule has 2 rings (SSSR count). The summed E-state index contributed by atoms with van der Waals surface area (Å²) >= 11 is 0. The quantitative estimate of drug-likeness (QED) is 0.719. The number of carboxylic acids is 1. The van der Waals surface area contributed by atoms with Gasteiger partial charge in [-0.1, -0.05) is 6.92 Å². The van der Waals surface area contributed by atoms with Crippen molar-refractivity contribution in [2.24, 2.45) is 11.8 Å². The van der Waals surface area contributed by atoms with E-state index in [9.17, 15) is 9.90 Å². The van der Waals surface area contributed by atoms with Crippen LogP contribution in [0.2, 0.25) is 0 Å². The van der Waals surface area contributed by atoms with Gasteiger partial charge in [0.25, 0.3) is 0 Å². The van der Waals surface area contributed by atoms with Gasteiger partial charge in [-0.15, -0.1) is 0 Å². The van der Waals surface area contributed by atoms with E-state index in [2.05, 4.69) is 0 Å². The molecule has 2 N–H and O–H groups in total. The molecule has 15 heavy (non-hydrogen) atoms. The van der Waals surface area contributed by atoms with Gasteiger partial charge < -0.3 is 10.2 Å². The number of fused-ring (bicyclic) bond motifs is 1. The first-order valence-corrected chi connectivity index (χ1v) is 5.78. The third-order valence-electron chi connectivity index (χ3n) is 3.96. The molecule has 0 amide bonds. The molecule has 86 valence electrons. The molecule has 0 radical (unpaired) electrons. The van der Waals surface area contributed by atoms with E-state index in [1.165, 1.54) is 0 Å². The highest BCUT2D eigenvalue weighted by Gasteiger charge is 2.44. The third kappa shape index (κ3) is 1.88. The summed E-state index contributed by atoms with van der Waals surface area (Å²) < 4.78 is 0. The zero-order valence-electron chi connectivity index (χ0n) is 9.09. The number of nitrogens with zero attached hydrogens (tertiary/aromatic N) is 1. The van der Waals surface area contributed by atoms with E-state index in [1.807, 2.05) is 11.8 Å². The van der Waals surface area contributed by atoms with Gasteiger partial charge in [-0.2, -0.15) is 0 Å². The van der Waals surface area contributed by atoms with Crippen LogP contribution in [0.15, 0.2) is 0 Å². The van der Waals surface area contributed by atoms with E-state index in [0.717, 1.165) is 25.9 Å². The van der Waals surface area contributed by atoms with Gasteiger partial charge in [0.05, 0.1) is 6.10 Å². The Labute approximate surface area is 89.9 Å². The third-order valence-corrected chi connectivity index (χ3v) is 3.96. The topological polar surface area (TPSA) is 60.8 Å². The van der Waals surface area contributed by atoms with Crippen LogP contribution in [0.1, 0.15) is 26.2 Å². The van der Waals surface area contributed by atoms with Crippen LogP contribution in [0.4, 0.5) is 0 Å². The molecular formula is C11H19NO3. The molecule has 2 aliphatic rings. The van der Waals surface area contributed by atoms with Crippen LogP contribution in [-0.2, 0) is 4.79 Å². The van der Waals surface area contributed by atoms with Gasteiger partial charge in [0.15, 0.2) is 0 Å². The highest BCUT2D eigenvalue weighted by atomic mass is 16.4. The van der Waals surface area contributed by atoms with Crippen LogP contribution in [0.5, 0.6) is 0 Å². The standard InChI is InChI=1S/C11H19NO3/c1-2-9(11(14)15)12-5-7-3-4-10(13)8(7)6-12/h7-10,13H,2-6H2,1H3,(H,14,15). The van der Waals surface area contributed by atoms with Crippen molar-refractivity contribution in [3.63, 3.8) is 0 Å². The van der Waals surface area contributed by atoms with E-state index < -0.39 is 5.97 Å². The Morgan fingerprint density at radius 2 is 2.20 bits per heavy atom. The molecule has 4 atom stereocenters. The van der Waals surface area contributed by atoms with E-state index in [4.69, 9.17) is 5.11 Å². The molecule has 0 spiro atoms. The van der Waals surface area contributed by atoms with Crippen LogP contribution < -0.4 is 0 Å². The Balaban J connectivity index is 2.00. The average Bonchev–Trinajstić information content (AvgIpc) is 2.70. The summed E-state index contributed by atoms with van der Waals surface area (Å²) in [5.74, 6) is 0.110. The fourth-order valence-electron chi connectivity index (χ4n) is 3.11. The predicted octanol–water partition coefficient (Wildman–Crippen LogP) is 0.552. The molecule has 1 saturated heterocycles. The second kappa shape index (κ2) is 4.10. The minimum Gasteiger partial charge on any atom is -0.480 e. The Morgan fingerprint density at radius 3 is 2.73 bits per heavy atom. The van der Waals surface area contributed by atoms with Gasteiger partial charge in [-0.25, -0.2) is 0 Å². The van der Waals surface area contributed by atoms with Crippen molar-refractivity contribution >= 4 is 5.97 Å². The fourth-order valence-corrected chi connectivity index (χ4v) is 3.11. The van der Waals surface area contributed by atoms with Crippen LogP contribution in [0.25, 0.3) is 0 Å². The van der Waals surface area contributed by atoms with Crippen molar-refractivity contribution in [3.05, 3.63) is 0 Å². The number of rotatable bonds is 3. The summed E-state index contributed by atoms with van der Waals surface area (Å²) in [6.07, 6.45) is 2.39. The number of carbonyl (C=O) groups is 1. The van der Waals surface area contributed by atoms with Crippen molar-refractivity contribution in [2.75, 3.05) is 13.1 Å². The number of aliphatic carboxylic acids is 1. The minimum atomic E-state index is -0.730. The number of hydrogen-bond donors (Lipinski definition) is 2. The van der Waals surface area contributed by atoms with Gasteiger partial charge in [0, 0.05) is 19.0 Å². The Hall–Kier alpha value is -0.610. The van der Waals surface area contributed by atoms with Crippen LogP contribution in [-0.4, -0.2) is 46.3 Å². The lowest BCUT2D eigenvalue weighted by molar-refractivity contribution is -0.143. The highest BCUT2D eigenvalue weighted by Crippen LogP contribution is 2.38. The first-order chi connectivity index (χ1) is 7.13. The van der Waals surface area contributed by atoms with E-state index in [0.29, 0.717) is 18.3 Å². The number of likely N-dealkylation sites (tertiary alicyclic amines) is 1. The van der Waals surface area contributed by atoms with Crippen LogP contribution in [0, 0.1) is 11.8 Å². The SMILES string of the molecule is CCC(C(=O)O)N1CC2CCC(O)C2C1. The largest absolute Gasteiger partial charge is 0.480 e. The Kier molecular flexibility index (Phi) is 2.98. The number of aliphatic hydroxyl groups is 1. The second-order valence-corrected chi connectivity index (χ2v) is 4.78. The zero-order valence-corrected chi connectivity index (χ0v) is 9.09. The molecule has 4 heteroatoms. The zero-order chi connectivity index (χ0) is 11.0. The maximum atomic E-state index is 11.0. The molecule has 1 heterocycles. The average molecular weight is 213 g/mol. The normalized spacial score (nSPS) is 37.9. The van der Waals surface area contributed by atoms with Gasteiger partial charge in [0.1, 0.15) is 6.04 Å². The Morgan fingerprint density at radius 1 is 1.47 bits per heavy atom. The lowest BCUT2D eigenvalue weighted by Crippen LogP contribution is -2.40. The fraction of sp³-hybridized carbons (Fsp3) is 0.909. The molecule has 4 unspecified atom stereocenters. The van der Waals surface area contributed by atoms with E-state index in [-0.39, 0.29) is 12.1 Å². The monoisotopic (exact) mass is 213 g/mol. The van der Waals surface area contributed by atoms with Crippen LogP contribution >= 0.6 is 0 Å². The molecule has 0 aromatic carbocycles. The number of hydrogen-bond acceptors (Lipinski definition) is 3. The van der Waals surface area contributed by atoms with Gasteiger partial charge >= 0.3 is 5.97 Å². The van der Waals surface area contributed by atoms with E-state index in [1.54, 1.807) is 0 Å². The lowest BCUT2D eigenvalue weighted by Gasteiger charge is -2.24. The lowest BCUT2D eigenvalue weighted by atomic mass is 10.00. The summed E-state index contributed by atoms with van der Waals surface area (Å²) in [4.78, 5) is 13.0. The summed E-state index contributed by atoms with van der Waals surface area (Å²) in [6, 6.07) is -0.359. The minimum absolute atomic E-state index is 0.202. The summed E-state index contributed by atoms with van der Waals surface area (Å²) in [5, 5.41) is 18.8. The predicted molar refractivity (Wildman–Crippen MR) is 55.5 cm³/mol. The molecule has 1 aliphatic carbocycles. The molecule has 2 fully saturated rings. The summed E-state index contributed by atoms with van der Waals surface area (Å²) in [5.41, 5.74) is 0. The van der Waals surface area contributed by atoms with Gasteiger partial charge in [-0.3, -0.25) is 9.69 Å². The molecule has 0 bridgehead atoms. The first kappa shape index (κ1) is 10.9. The van der Waals surface area contributed by atoms with E-state index >= 15 is 0 Å². The molecule has 0 aromatic heterocycles. The summed E-state index contributed by atoms with van der Waals surface area (Å²) in [7, 11) is 0. The second-order valence-electron chi connectivity index (χ2n) is 4.78. The molecule has 4 nitrogen and oxygen atoms in total. The van der Waals surface area contributed by atoms with Crippen molar-refractivity contribution < 1.29 is 15.0 Å². The van der Waals surface area contributed by atoms with Crippen molar-refractivity contribution in [1.29, 1.82) is 0 Å². The molecule has 0 aromatic rings. The van der Waals surface area contributed by atoms with Crippen molar-refractivity contribution in [2.45, 2.75) is 38.3 Å².